The summed E-state index contributed by atoms with van der Waals surface area (Å²) in [5, 5.41) is 61.5. The second kappa shape index (κ2) is 8.09. The first-order valence-corrected chi connectivity index (χ1v) is 6.15. The molecular formula is C11H14N4O8. The minimum Gasteiger partial charge on any atom is -0.394 e. The molecule has 0 bridgehead atoms. The van der Waals surface area contributed by atoms with Crippen LogP contribution in [0.1, 0.15) is 0 Å². The minimum absolute atomic E-state index is 0.179. The maximum Gasteiger partial charge on any atom is 0.301 e. The first kappa shape index (κ1) is 18.4. The zero-order valence-corrected chi connectivity index (χ0v) is 11.5. The van der Waals surface area contributed by atoms with Crippen LogP contribution in [0.5, 0.6) is 0 Å². The molecule has 0 aromatic heterocycles. The molecule has 3 unspecified atom stereocenters. The average Bonchev–Trinajstić information content (AvgIpc) is 2.52. The number of benzene rings is 1. The number of aliphatic hydroxyl groups is 4. The molecule has 12 nitrogen and oxygen atoms in total. The van der Waals surface area contributed by atoms with Crippen LogP contribution in [-0.4, -0.2) is 61.4 Å². The molecule has 1 aromatic carbocycles. The normalized spacial score (nSPS) is 15.1. The first-order valence-electron chi connectivity index (χ1n) is 6.15. The van der Waals surface area contributed by atoms with Crippen molar-refractivity contribution in [2.75, 3.05) is 12.0 Å². The van der Waals surface area contributed by atoms with Gasteiger partial charge in [0.05, 0.1) is 28.7 Å². The van der Waals surface area contributed by atoms with Crippen LogP contribution in [-0.2, 0) is 0 Å². The van der Waals surface area contributed by atoms with Crippen LogP contribution in [0.2, 0.25) is 0 Å². The summed E-state index contributed by atoms with van der Waals surface area (Å²) in [6.07, 6.45) is -4.21. The number of non-ortho nitro benzene ring substituents is 1. The molecule has 0 aliphatic rings. The third kappa shape index (κ3) is 4.93. The highest BCUT2D eigenvalue weighted by Crippen LogP contribution is 2.28. The number of hydrazone groups is 1. The standard InChI is InChI=1S/C11H14N4O8/c16-5-10(18)11(19)9(17)4-12-13-7-2-1-6(14(20)21)3-8(7)15(22)23/h1-4,9-11,13,16-19H,5H2. The summed E-state index contributed by atoms with van der Waals surface area (Å²) < 4.78 is 0. The fraction of sp³-hybridized carbons (Fsp3) is 0.364. The van der Waals surface area contributed by atoms with Gasteiger partial charge < -0.3 is 20.4 Å². The van der Waals surface area contributed by atoms with Crippen molar-refractivity contribution >= 4 is 23.3 Å². The number of anilines is 1. The van der Waals surface area contributed by atoms with Crippen molar-refractivity contribution in [2.45, 2.75) is 18.3 Å². The number of nitrogens with zero attached hydrogens (tertiary/aromatic N) is 3. The van der Waals surface area contributed by atoms with Crippen LogP contribution in [0.15, 0.2) is 23.3 Å². The number of hydrogen-bond donors (Lipinski definition) is 5. The molecule has 0 spiro atoms. The molecule has 0 aliphatic carbocycles. The minimum atomic E-state index is -1.71. The SMILES string of the molecule is O=[N+]([O-])c1ccc(NN=CC(O)C(O)C(O)CO)c([N+](=O)[O-])c1. The van der Waals surface area contributed by atoms with Gasteiger partial charge in [-0.05, 0) is 6.07 Å². The lowest BCUT2D eigenvalue weighted by atomic mass is 10.1. The Morgan fingerprint density at radius 3 is 2.39 bits per heavy atom. The van der Waals surface area contributed by atoms with Crippen molar-refractivity contribution in [1.29, 1.82) is 0 Å². The van der Waals surface area contributed by atoms with E-state index in [0.29, 0.717) is 0 Å². The second-order valence-electron chi connectivity index (χ2n) is 4.34. The molecule has 3 atom stereocenters. The molecule has 12 heteroatoms. The Labute approximate surface area is 128 Å². The van der Waals surface area contributed by atoms with E-state index in [-0.39, 0.29) is 5.69 Å². The molecule has 23 heavy (non-hydrogen) atoms. The zero-order valence-electron chi connectivity index (χ0n) is 11.5. The smallest absolute Gasteiger partial charge is 0.301 e. The number of nitro benzene ring substituents is 2. The first-order chi connectivity index (χ1) is 10.8. The number of hydrogen-bond acceptors (Lipinski definition) is 10. The third-order valence-corrected chi connectivity index (χ3v) is 2.73. The molecule has 126 valence electrons. The van der Waals surface area contributed by atoms with Gasteiger partial charge in [-0.25, -0.2) is 0 Å². The lowest BCUT2D eigenvalue weighted by molar-refractivity contribution is -0.393. The number of rotatable bonds is 8. The van der Waals surface area contributed by atoms with Gasteiger partial charge in [-0.1, -0.05) is 0 Å². The molecular weight excluding hydrogens is 316 g/mol. The lowest BCUT2D eigenvalue weighted by Gasteiger charge is -2.18. The van der Waals surface area contributed by atoms with Crippen LogP contribution >= 0.6 is 0 Å². The van der Waals surface area contributed by atoms with Gasteiger partial charge in [0.1, 0.15) is 24.0 Å². The van der Waals surface area contributed by atoms with Gasteiger partial charge in [0.25, 0.3) is 5.69 Å². The summed E-state index contributed by atoms with van der Waals surface area (Å²) in [5.41, 5.74) is 0.926. The van der Waals surface area contributed by atoms with E-state index in [1.165, 1.54) is 0 Å². The van der Waals surface area contributed by atoms with Crippen LogP contribution in [0.3, 0.4) is 0 Å². The van der Waals surface area contributed by atoms with E-state index >= 15 is 0 Å². The molecule has 0 saturated heterocycles. The van der Waals surface area contributed by atoms with Gasteiger partial charge >= 0.3 is 5.69 Å². The maximum absolute atomic E-state index is 10.9. The van der Waals surface area contributed by atoms with Gasteiger partial charge in [0.2, 0.25) is 0 Å². The molecule has 0 amide bonds. The predicted molar refractivity (Wildman–Crippen MR) is 77.0 cm³/mol. The molecule has 0 saturated carbocycles. The molecule has 0 aliphatic heterocycles. The van der Waals surface area contributed by atoms with E-state index in [2.05, 4.69) is 10.5 Å². The van der Waals surface area contributed by atoms with E-state index in [1.807, 2.05) is 0 Å². The summed E-state index contributed by atoms with van der Waals surface area (Å²) >= 11 is 0. The Kier molecular flexibility index (Phi) is 6.47. The van der Waals surface area contributed by atoms with Gasteiger partial charge in [-0.3, -0.25) is 25.7 Å². The quantitative estimate of drug-likeness (QED) is 0.225. The second-order valence-corrected chi connectivity index (χ2v) is 4.34. The van der Waals surface area contributed by atoms with Crippen molar-refractivity contribution in [3.8, 4) is 0 Å². The lowest BCUT2D eigenvalue weighted by Crippen LogP contribution is -2.40. The molecule has 0 fully saturated rings. The van der Waals surface area contributed by atoms with Gasteiger partial charge in [0, 0.05) is 6.07 Å². The molecule has 0 heterocycles. The van der Waals surface area contributed by atoms with Gasteiger partial charge in [-0.15, -0.1) is 0 Å². The fourth-order valence-corrected chi connectivity index (χ4v) is 1.49. The highest BCUT2D eigenvalue weighted by atomic mass is 16.6. The Balaban J connectivity index is 2.87. The monoisotopic (exact) mass is 330 g/mol. The van der Waals surface area contributed by atoms with E-state index in [4.69, 9.17) is 10.2 Å². The largest absolute Gasteiger partial charge is 0.394 e. The van der Waals surface area contributed by atoms with Crippen molar-refractivity contribution in [3.05, 3.63) is 38.4 Å². The fourth-order valence-electron chi connectivity index (χ4n) is 1.49. The van der Waals surface area contributed by atoms with E-state index in [1.54, 1.807) is 0 Å². The van der Waals surface area contributed by atoms with Crippen molar-refractivity contribution < 1.29 is 30.3 Å². The molecule has 1 aromatic rings. The predicted octanol–water partition coefficient (Wildman–Crippen LogP) is -1.02. The summed E-state index contributed by atoms with van der Waals surface area (Å²) in [6.45, 7) is -0.784. The Hall–Kier alpha value is -2.67. The van der Waals surface area contributed by atoms with Crippen LogP contribution in [0, 0.1) is 20.2 Å². The highest BCUT2D eigenvalue weighted by Gasteiger charge is 2.23. The van der Waals surface area contributed by atoms with Crippen molar-refractivity contribution in [3.63, 3.8) is 0 Å². The Morgan fingerprint density at radius 1 is 1.22 bits per heavy atom. The van der Waals surface area contributed by atoms with Gasteiger partial charge in [-0.2, -0.15) is 5.10 Å². The van der Waals surface area contributed by atoms with Crippen LogP contribution < -0.4 is 5.43 Å². The topological polar surface area (TPSA) is 192 Å². The Bertz CT molecular complexity index is 608. The average molecular weight is 330 g/mol. The molecule has 0 radical (unpaired) electrons. The Morgan fingerprint density at radius 2 is 1.87 bits per heavy atom. The summed E-state index contributed by atoms with van der Waals surface area (Å²) in [6, 6.07) is 2.81. The van der Waals surface area contributed by atoms with Gasteiger partial charge in [0.15, 0.2) is 0 Å². The number of nitro groups is 2. The maximum atomic E-state index is 10.9. The summed E-state index contributed by atoms with van der Waals surface area (Å²) in [5.74, 6) is 0. The van der Waals surface area contributed by atoms with E-state index in [9.17, 15) is 30.4 Å². The van der Waals surface area contributed by atoms with Crippen LogP contribution in [0.25, 0.3) is 0 Å². The number of aliphatic hydroxyl groups excluding tert-OH is 4. The van der Waals surface area contributed by atoms with Crippen LogP contribution in [0.4, 0.5) is 17.1 Å². The third-order valence-electron chi connectivity index (χ3n) is 2.73. The van der Waals surface area contributed by atoms with Crippen molar-refractivity contribution in [2.24, 2.45) is 5.10 Å². The van der Waals surface area contributed by atoms with E-state index in [0.717, 1.165) is 24.4 Å². The summed E-state index contributed by atoms with van der Waals surface area (Å²) in [4.78, 5) is 19.8. The van der Waals surface area contributed by atoms with Crippen molar-refractivity contribution in [1.82, 2.24) is 0 Å². The molecule has 5 N–H and O–H groups in total. The van der Waals surface area contributed by atoms with E-state index < -0.39 is 46.1 Å². The molecule has 1 rings (SSSR count). The highest BCUT2D eigenvalue weighted by molar-refractivity contribution is 5.69. The number of nitrogens with one attached hydrogen (secondary N) is 1. The summed E-state index contributed by atoms with van der Waals surface area (Å²) in [7, 11) is 0. The zero-order chi connectivity index (χ0) is 17.6.